The number of nitrogens with zero attached hydrogens (tertiary/aromatic N) is 1. The molecular weight excluding hydrogens is 583 g/mol. The number of anilines is 1. The molecule has 1 N–H and O–H groups in total. The molecule has 0 unspecified atom stereocenters. The van der Waals surface area contributed by atoms with Crippen LogP contribution in [0.25, 0.3) is 11.6 Å². The van der Waals surface area contributed by atoms with E-state index in [1.807, 2.05) is 73.7 Å². The Labute approximate surface area is 209 Å². The minimum atomic E-state index is -0.263. The Morgan fingerprint density at radius 2 is 1.84 bits per heavy atom. The highest BCUT2D eigenvalue weighted by Gasteiger charge is 2.14. The summed E-state index contributed by atoms with van der Waals surface area (Å²) in [6.45, 7) is 2.17. The number of nitrogens with one attached hydrogen (secondary N) is 1. The van der Waals surface area contributed by atoms with E-state index in [9.17, 15) is 10.1 Å². The van der Waals surface area contributed by atoms with E-state index in [1.165, 1.54) is 0 Å². The third-order valence-electron chi connectivity index (χ3n) is 4.32. The van der Waals surface area contributed by atoms with Crippen LogP contribution in [0, 0.1) is 14.9 Å². The fraction of sp³-hybridized carbons (Fsp3) is 0.120. The third kappa shape index (κ3) is 6.58. The highest BCUT2D eigenvalue weighted by molar-refractivity contribution is 14.1. The topological polar surface area (TPSA) is 71.3 Å². The zero-order chi connectivity index (χ0) is 22.9. The highest BCUT2D eigenvalue weighted by atomic mass is 127. The smallest absolute Gasteiger partial charge is 0.262 e. The van der Waals surface area contributed by atoms with Crippen molar-refractivity contribution < 1.29 is 14.3 Å². The Morgan fingerprint density at radius 3 is 2.50 bits per heavy atom. The molecule has 3 rings (SSSR count). The van der Waals surface area contributed by atoms with Crippen molar-refractivity contribution in [2.24, 2.45) is 0 Å². The number of ether oxygens (including phenoxy) is 2. The van der Waals surface area contributed by atoms with E-state index in [-0.39, 0.29) is 12.5 Å². The Morgan fingerprint density at radius 1 is 1.12 bits per heavy atom. The van der Waals surface area contributed by atoms with Crippen LogP contribution < -0.4 is 14.8 Å². The molecule has 3 aromatic carbocycles. The van der Waals surface area contributed by atoms with Gasteiger partial charge in [0.25, 0.3) is 5.91 Å². The van der Waals surface area contributed by atoms with E-state index in [2.05, 4.69) is 49.9 Å². The van der Waals surface area contributed by atoms with Gasteiger partial charge in [0.15, 0.2) is 18.1 Å². The van der Waals surface area contributed by atoms with Gasteiger partial charge >= 0.3 is 0 Å². The average molecular weight is 603 g/mol. The summed E-state index contributed by atoms with van der Waals surface area (Å²) in [4.78, 5) is 12.3. The second-order valence-electron chi connectivity index (χ2n) is 6.64. The molecule has 7 heteroatoms. The van der Waals surface area contributed by atoms with Crippen molar-refractivity contribution in [1.82, 2.24) is 0 Å². The fourth-order valence-corrected chi connectivity index (χ4v) is 3.95. The van der Waals surface area contributed by atoms with Gasteiger partial charge in [-0.05, 0) is 83.1 Å². The van der Waals surface area contributed by atoms with Crippen molar-refractivity contribution in [2.45, 2.75) is 6.92 Å². The molecule has 0 saturated heterocycles. The van der Waals surface area contributed by atoms with Crippen LogP contribution in [-0.4, -0.2) is 19.1 Å². The maximum atomic E-state index is 12.3. The van der Waals surface area contributed by atoms with Crippen LogP contribution in [-0.2, 0) is 4.79 Å². The maximum Gasteiger partial charge on any atom is 0.262 e. The van der Waals surface area contributed by atoms with E-state index in [0.717, 1.165) is 19.2 Å². The van der Waals surface area contributed by atoms with Crippen LogP contribution in [0.4, 0.5) is 5.69 Å². The minimum Gasteiger partial charge on any atom is -0.490 e. The molecule has 1 amide bonds. The average Bonchev–Trinajstić information content (AvgIpc) is 2.78. The molecule has 3 aromatic rings. The minimum absolute atomic E-state index is 0.150. The lowest BCUT2D eigenvalue weighted by Gasteiger charge is -2.15. The summed E-state index contributed by atoms with van der Waals surface area (Å²) in [6.07, 6.45) is 1.81. The van der Waals surface area contributed by atoms with Crippen LogP contribution in [0.15, 0.2) is 71.2 Å². The molecule has 0 spiro atoms. The summed E-state index contributed by atoms with van der Waals surface area (Å²) in [7, 11) is 0. The van der Waals surface area contributed by atoms with Crippen LogP contribution in [0.2, 0.25) is 0 Å². The monoisotopic (exact) mass is 602 g/mol. The lowest BCUT2D eigenvalue weighted by molar-refractivity contribution is -0.118. The maximum absolute atomic E-state index is 12.3. The van der Waals surface area contributed by atoms with Gasteiger partial charge in [0.1, 0.15) is 0 Å². The Bertz CT molecular complexity index is 1160. The molecule has 162 valence electrons. The highest BCUT2D eigenvalue weighted by Crippen LogP contribution is 2.35. The van der Waals surface area contributed by atoms with Crippen LogP contribution >= 0.6 is 38.5 Å². The third-order valence-corrected chi connectivity index (χ3v) is 5.65. The Hall–Kier alpha value is -2.83. The molecule has 0 saturated carbocycles. The fourth-order valence-electron chi connectivity index (χ4n) is 2.91. The number of amides is 1. The first-order chi connectivity index (χ1) is 15.5. The number of halogens is 2. The number of rotatable bonds is 8. The molecule has 0 heterocycles. The number of carbonyl (C=O) groups excluding carboxylic acids is 1. The summed E-state index contributed by atoms with van der Waals surface area (Å²) in [5.74, 6) is 0.752. The predicted molar refractivity (Wildman–Crippen MR) is 139 cm³/mol. The molecule has 0 aliphatic heterocycles. The first-order valence-corrected chi connectivity index (χ1v) is 11.7. The first-order valence-electron chi connectivity index (χ1n) is 9.82. The lowest BCUT2D eigenvalue weighted by atomic mass is 10.0. The van der Waals surface area contributed by atoms with Crippen molar-refractivity contribution in [2.75, 3.05) is 18.5 Å². The van der Waals surface area contributed by atoms with Gasteiger partial charge in [-0.15, -0.1) is 0 Å². The Balaban J connectivity index is 1.82. The van der Waals surface area contributed by atoms with Gasteiger partial charge in [-0.2, -0.15) is 5.26 Å². The van der Waals surface area contributed by atoms with Crippen molar-refractivity contribution in [1.29, 1.82) is 5.26 Å². The summed E-state index contributed by atoms with van der Waals surface area (Å²) < 4.78 is 13.3. The SMILES string of the molecule is CCOc1cc(/C=C(\C#N)c2ccc(Br)cc2)cc(I)c1OCC(=O)Nc1ccccc1. The van der Waals surface area contributed by atoms with Crippen molar-refractivity contribution >= 4 is 61.8 Å². The summed E-state index contributed by atoms with van der Waals surface area (Å²) >= 11 is 5.55. The molecule has 0 aliphatic carbocycles. The number of hydrogen-bond donors (Lipinski definition) is 1. The molecule has 0 aliphatic rings. The van der Waals surface area contributed by atoms with Gasteiger partial charge in [-0.1, -0.05) is 46.3 Å². The first kappa shape index (κ1) is 23.8. The van der Waals surface area contributed by atoms with Gasteiger partial charge in [-0.3, -0.25) is 4.79 Å². The van der Waals surface area contributed by atoms with Gasteiger partial charge in [0, 0.05) is 10.2 Å². The molecule has 0 atom stereocenters. The largest absolute Gasteiger partial charge is 0.490 e. The van der Waals surface area contributed by atoms with Crippen molar-refractivity contribution in [3.63, 3.8) is 0 Å². The van der Waals surface area contributed by atoms with Crippen molar-refractivity contribution in [3.8, 4) is 17.6 Å². The van der Waals surface area contributed by atoms with Crippen LogP contribution in [0.5, 0.6) is 11.5 Å². The number of carbonyl (C=O) groups is 1. The number of para-hydroxylation sites is 1. The summed E-state index contributed by atoms with van der Waals surface area (Å²) in [5.41, 5.74) is 2.87. The second-order valence-corrected chi connectivity index (χ2v) is 8.72. The predicted octanol–water partition coefficient (Wildman–Crippen LogP) is 6.53. The van der Waals surface area contributed by atoms with E-state index in [1.54, 1.807) is 6.08 Å². The molecule has 5 nitrogen and oxygen atoms in total. The molecule has 32 heavy (non-hydrogen) atoms. The van der Waals surface area contributed by atoms with Gasteiger partial charge in [0.05, 0.1) is 21.8 Å². The molecule has 0 aromatic heterocycles. The van der Waals surface area contributed by atoms with Crippen LogP contribution in [0.3, 0.4) is 0 Å². The summed E-state index contributed by atoms with van der Waals surface area (Å²) in [5, 5.41) is 12.4. The number of benzene rings is 3. The molecule has 0 fully saturated rings. The molecule has 0 bridgehead atoms. The second kappa shape index (κ2) is 11.7. The van der Waals surface area contributed by atoms with E-state index in [4.69, 9.17) is 9.47 Å². The van der Waals surface area contributed by atoms with Crippen molar-refractivity contribution in [3.05, 3.63) is 85.9 Å². The zero-order valence-electron chi connectivity index (χ0n) is 17.3. The van der Waals surface area contributed by atoms with E-state index < -0.39 is 0 Å². The Kier molecular flexibility index (Phi) is 8.71. The molecule has 0 radical (unpaired) electrons. The van der Waals surface area contributed by atoms with Gasteiger partial charge in [0.2, 0.25) is 0 Å². The zero-order valence-corrected chi connectivity index (χ0v) is 21.0. The van der Waals surface area contributed by atoms with E-state index in [0.29, 0.717) is 29.4 Å². The number of allylic oxidation sites excluding steroid dienone is 1. The quantitative estimate of drug-likeness (QED) is 0.181. The standard InChI is InChI=1S/C25H20BrIN2O3/c1-2-31-23-14-17(12-19(15-28)18-8-10-20(26)11-9-18)13-22(27)25(23)32-16-24(30)29-21-6-4-3-5-7-21/h3-14H,2,16H2,1H3,(H,29,30)/b19-12+. The number of hydrogen-bond acceptors (Lipinski definition) is 4. The summed E-state index contributed by atoms with van der Waals surface area (Å²) in [6, 6.07) is 22.7. The normalized spacial score (nSPS) is 10.9. The van der Waals surface area contributed by atoms with Gasteiger partial charge in [-0.25, -0.2) is 0 Å². The van der Waals surface area contributed by atoms with Gasteiger partial charge < -0.3 is 14.8 Å². The van der Waals surface area contributed by atoms with E-state index >= 15 is 0 Å². The lowest BCUT2D eigenvalue weighted by Crippen LogP contribution is -2.20. The molecular formula is C25H20BrIN2O3. The van der Waals surface area contributed by atoms with Crippen LogP contribution in [0.1, 0.15) is 18.1 Å². The number of nitriles is 1.